The number of nitrogens with zero attached hydrogens (tertiary/aromatic N) is 1. The number of aryl methyl sites for hydroxylation is 1. The molecule has 0 saturated heterocycles. The molecule has 2 heterocycles. The van der Waals surface area contributed by atoms with E-state index in [2.05, 4.69) is 4.57 Å². The van der Waals surface area contributed by atoms with Crippen LogP contribution < -0.4 is 15.2 Å². The van der Waals surface area contributed by atoms with Crippen molar-refractivity contribution in [3.8, 4) is 11.5 Å². The van der Waals surface area contributed by atoms with Crippen LogP contribution in [-0.4, -0.2) is 29.4 Å². The molecule has 1 unspecified atom stereocenters. The summed E-state index contributed by atoms with van der Waals surface area (Å²) in [6, 6.07) is 3.96. The van der Waals surface area contributed by atoms with Crippen LogP contribution in [0.5, 0.6) is 11.5 Å². The van der Waals surface area contributed by atoms with E-state index in [0.717, 1.165) is 40.9 Å². The zero-order valence-corrected chi connectivity index (χ0v) is 11.6. The van der Waals surface area contributed by atoms with E-state index in [0.29, 0.717) is 19.8 Å². The number of aromatic nitrogens is 1. The van der Waals surface area contributed by atoms with Gasteiger partial charge < -0.3 is 24.9 Å². The summed E-state index contributed by atoms with van der Waals surface area (Å²) in [7, 11) is 0. The zero-order valence-electron chi connectivity index (χ0n) is 11.6. The van der Waals surface area contributed by atoms with Gasteiger partial charge in [0.15, 0.2) is 11.5 Å². The van der Waals surface area contributed by atoms with Gasteiger partial charge in [0.05, 0.1) is 11.6 Å². The molecule has 3 N–H and O–H groups in total. The molecule has 0 spiro atoms. The Bertz CT molecular complexity index is 619. The van der Waals surface area contributed by atoms with Crippen LogP contribution in [-0.2, 0) is 6.54 Å². The Hall–Kier alpha value is -1.72. The van der Waals surface area contributed by atoms with Gasteiger partial charge in [-0.2, -0.15) is 0 Å². The summed E-state index contributed by atoms with van der Waals surface area (Å²) in [4.78, 5) is 0. The maximum absolute atomic E-state index is 9.95. The molecule has 1 aromatic heterocycles. The summed E-state index contributed by atoms with van der Waals surface area (Å²) in [6.45, 7) is 4.40. The lowest BCUT2D eigenvalue weighted by molar-refractivity contribution is 0.172. The van der Waals surface area contributed by atoms with Gasteiger partial charge in [-0.3, -0.25) is 0 Å². The smallest absolute Gasteiger partial charge is 0.163 e. The number of benzene rings is 1. The Balaban J connectivity index is 2.14. The van der Waals surface area contributed by atoms with Crippen molar-refractivity contribution in [3.05, 3.63) is 23.9 Å². The molecular formula is C15H20N2O3. The number of aliphatic hydroxyl groups is 1. The predicted octanol–water partition coefficient (Wildman–Crippen LogP) is 1.81. The molecule has 0 radical (unpaired) electrons. The summed E-state index contributed by atoms with van der Waals surface area (Å²) in [5, 5.41) is 11.0. The number of rotatable bonds is 4. The van der Waals surface area contributed by atoms with Crippen molar-refractivity contribution in [3.63, 3.8) is 0 Å². The molecule has 1 aliphatic heterocycles. The number of aliphatic hydroxyl groups excluding tert-OH is 1. The summed E-state index contributed by atoms with van der Waals surface area (Å²) >= 11 is 0. The lowest BCUT2D eigenvalue weighted by Crippen LogP contribution is -2.15. The summed E-state index contributed by atoms with van der Waals surface area (Å²) < 4.78 is 13.4. The first-order valence-electron chi connectivity index (χ1n) is 7.01. The quantitative estimate of drug-likeness (QED) is 0.893. The van der Waals surface area contributed by atoms with Crippen molar-refractivity contribution in [1.29, 1.82) is 0 Å². The Morgan fingerprint density at radius 2 is 2.00 bits per heavy atom. The first-order chi connectivity index (χ1) is 9.70. The van der Waals surface area contributed by atoms with Crippen LogP contribution in [0.3, 0.4) is 0 Å². The maximum atomic E-state index is 9.95. The van der Waals surface area contributed by atoms with Crippen LogP contribution >= 0.6 is 0 Å². The van der Waals surface area contributed by atoms with Crippen LogP contribution in [0.2, 0.25) is 0 Å². The van der Waals surface area contributed by atoms with Crippen molar-refractivity contribution in [1.82, 2.24) is 4.57 Å². The largest absolute Gasteiger partial charge is 0.486 e. The van der Waals surface area contributed by atoms with Crippen molar-refractivity contribution in [2.45, 2.75) is 26.0 Å². The first-order valence-corrected chi connectivity index (χ1v) is 7.01. The van der Waals surface area contributed by atoms with Crippen molar-refractivity contribution in [2.24, 2.45) is 5.73 Å². The Kier molecular flexibility index (Phi) is 3.54. The monoisotopic (exact) mass is 276 g/mol. The van der Waals surface area contributed by atoms with Gasteiger partial charge in [-0.15, -0.1) is 0 Å². The molecule has 3 rings (SSSR count). The third-order valence-corrected chi connectivity index (χ3v) is 3.63. The number of fused-ring (bicyclic) bond motifs is 2. The van der Waals surface area contributed by atoms with Gasteiger partial charge in [-0.05, 0) is 26.0 Å². The second-order valence-electron chi connectivity index (χ2n) is 5.11. The normalized spacial score (nSPS) is 15.6. The number of ether oxygens (including phenoxy) is 2. The molecular weight excluding hydrogens is 256 g/mol. The van der Waals surface area contributed by atoms with Crippen molar-refractivity contribution in [2.75, 3.05) is 19.8 Å². The van der Waals surface area contributed by atoms with Crippen molar-refractivity contribution >= 4 is 10.9 Å². The minimum absolute atomic E-state index is 0.515. The fourth-order valence-electron chi connectivity index (χ4n) is 2.63. The molecule has 108 valence electrons. The van der Waals surface area contributed by atoms with Crippen LogP contribution in [0.4, 0.5) is 0 Å². The SMILES string of the molecule is CC(O)c1cn(CCCN)c2cc3c(cc12)OCCO3. The van der Waals surface area contributed by atoms with E-state index in [1.54, 1.807) is 6.92 Å². The minimum atomic E-state index is -0.515. The topological polar surface area (TPSA) is 69.6 Å². The Labute approximate surface area is 117 Å². The second kappa shape index (κ2) is 5.34. The summed E-state index contributed by atoms with van der Waals surface area (Å²) in [6.07, 6.45) is 2.38. The molecule has 0 saturated carbocycles. The summed E-state index contributed by atoms with van der Waals surface area (Å²) in [5.74, 6) is 1.52. The van der Waals surface area contributed by atoms with Gasteiger partial charge in [0, 0.05) is 29.8 Å². The highest BCUT2D eigenvalue weighted by atomic mass is 16.6. The molecule has 5 heteroatoms. The van der Waals surface area contributed by atoms with Gasteiger partial charge in [0.2, 0.25) is 0 Å². The van der Waals surface area contributed by atoms with E-state index in [1.165, 1.54) is 0 Å². The highest BCUT2D eigenvalue weighted by Crippen LogP contribution is 2.38. The van der Waals surface area contributed by atoms with Gasteiger partial charge in [0.1, 0.15) is 13.2 Å². The van der Waals surface area contributed by atoms with Crippen molar-refractivity contribution < 1.29 is 14.6 Å². The van der Waals surface area contributed by atoms with E-state index >= 15 is 0 Å². The van der Waals surface area contributed by atoms with Gasteiger partial charge in [-0.1, -0.05) is 0 Å². The zero-order chi connectivity index (χ0) is 14.1. The van der Waals surface area contributed by atoms with E-state index in [-0.39, 0.29) is 0 Å². The molecule has 1 atom stereocenters. The molecule has 0 aliphatic carbocycles. The highest BCUT2D eigenvalue weighted by Gasteiger charge is 2.18. The number of hydrogen-bond donors (Lipinski definition) is 2. The number of hydrogen-bond acceptors (Lipinski definition) is 4. The average molecular weight is 276 g/mol. The third kappa shape index (κ3) is 2.23. The fraction of sp³-hybridized carbons (Fsp3) is 0.467. The lowest BCUT2D eigenvalue weighted by Gasteiger charge is -2.19. The van der Waals surface area contributed by atoms with Crippen LogP contribution in [0.15, 0.2) is 18.3 Å². The summed E-state index contributed by atoms with van der Waals surface area (Å²) in [5.41, 5.74) is 7.56. The molecule has 20 heavy (non-hydrogen) atoms. The Morgan fingerprint density at radius 3 is 2.65 bits per heavy atom. The maximum Gasteiger partial charge on any atom is 0.163 e. The second-order valence-corrected chi connectivity index (χ2v) is 5.11. The fourth-order valence-corrected chi connectivity index (χ4v) is 2.63. The van der Waals surface area contributed by atoms with E-state index in [1.807, 2.05) is 18.3 Å². The van der Waals surface area contributed by atoms with Gasteiger partial charge in [-0.25, -0.2) is 0 Å². The molecule has 1 aliphatic rings. The lowest BCUT2D eigenvalue weighted by atomic mass is 10.1. The molecule has 2 aromatic rings. The molecule has 0 bridgehead atoms. The van der Waals surface area contributed by atoms with Crippen LogP contribution in [0.25, 0.3) is 10.9 Å². The minimum Gasteiger partial charge on any atom is -0.486 e. The molecule has 0 fully saturated rings. The first kappa shape index (κ1) is 13.3. The van der Waals surface area contributed by atoms with E-state index in [9.17, 15) is 5.11 Å². The molecule has 0 amide bonds. The number of nitrogens with two attached hydrogens (primary N) is 1. The molecule has 5 nitrogen and oxygen atoms in total. The van der Waals surface area contributed by atoms with E-state index < -0.39 is 6.10 Å². The third-order valence-electron chi connectivity index (χ3n) is 3.63. The van der Waals surface area contributed by atoms with Crippen LogP contribution in [0.1, 0.15) is 25.0 Å². The van der Waals surface area contributed by atoms with Gasteiger partial charge >= 0.3 is 0 Å². The Morgan fingerprint density at radius 1 is 1.30 bits per heavy atom. The molecule has 1 aromatic carbocycles. The van der Waals surface area contributed by atoms with Crippen LogP contribution in [0, 0.1) is 0 Å². The average Bonchev–Trinajstić information content (AvgIpc) is 2.81. The predicted molar refractivity (Wildman–Crippen MR) is 77.2 cm³/mol. The van der Waals surface area contributed by atoms with E-state index in [4.69, 9.17) is 15.2 Å². The highest BCUT2D eigenvalue weighted by molar-refractivity contribution is 5.88. The standard InChI is InChI=1S/C15H20N2O3/c1-10(18)12-9-17(4-2-3-16)13-8-15-14(7-11(12)13)19-5-6-20-15/h7-10,18H,2-6,16H2,1H3. The van der Waals surface area contributed by atoms with Gasteiger partial charge in [0.25, 0.3) is 0 Å².